The minimum Gasteiger partial charge on any atom is -0.465 e. The maximum atomic E-state index is 14.5. The highest BCUT2D eigenvalue weighted by molar-refractivity contribution is 6.11. The number of carbonyl (C=O) groups is 1. The number of pyridine rings is 1. The van der Waals surface area contributed by atoms with Crippen molar-refractivity contribution < 1.29 is 27.1 Å². The highest BCUT2D eigenvalue weighted by atomic mass is 19.2. The first kappa shape index (κ1) is 35.2. The van der Waals surface area contributed by atoms with E-state index in [0.29, 0.717) is 44.0 Å². The SMILES string of the molecule is CC(C)n1c2[nH]c3cc(C#N)ccc3c2c(=O)c2ccc(F)c(F)c21.COC(=O)c1c(N(c2cccc(F)c2F)C(C)C)[nH]c2cc(C#N)ccc12. The maximum Gasteiger partial charge on any atom is 0.342 e. The van der Waals surface area contributed by atoms with E-state index in [2.05, 4.69) is 16.0 Å². The molecule has 0 aliphatic heterocycles. The van der Waals surface area contributed by atoms with Gasteiger partial charge in [-0.3, -0.25) is 4.79 Å². The number of H-pyrrole nitrogens is 2. The smallest absolute Gasteiger partial charge is 0.342 e. The van der Waals surface area contributed by atoms with Crippen LogP contribution in [-0.4, -0.2) is 33.7 Å². The first-order valence-corrected chi connectivity index (χ1v) is 16.1. The van der Waals surface area contributed by atoms with Crippen LogP contribution in [0.25, 0.3) is 43.7 Å². The van der Waals surface area contributed by atoms with Crippen molar-refractivity contribution in [2.45, 2.75) is 39.8 Å². The van der Waals surface area contributed by atoms with Crippen LogP contribution in [0.4, 0.5) is 29.1 Å². The fourth-order valence-corrected chi connectivity index (χ4v) is 6.46. The lowest BCUT2D eigenvalue weighted by molar-refractivity contribution is 0.0603. The Labute approximate surface area is 293 Å². The second kappa shape index (κ2) is 13.6. The molecule has 0 fully saturated rings. The molecule has 13 heteroatoms. The summed E-state index contributed by atoms with van der Waals surface area (Å²) in [5.74, 6) is -4.39. The minimum absolute atomic E-state index is 0.0118. The second-order valence-corrected chi connectivity index (χ2v) is 12.5. The Morgan fingerprint density at radius 3 is 2.00 bits per heavy atom. The molecule has 0 unspecified atom stereocenters. The Hall–Kier alpha value is -6.60. The van der Waals surface area contributed by atoms with E-state index in [9.17, 15) is 27.2 Å². The minimum atomic E-state index is -1.04. The lowest BCUT2D eigenvalue weighted by Gasteiger charge is -2.29. The molecular formula is C39H30F4N6O3. The van der Waals surface area contributed by atoms with Crippen molar-refractivity contribution >= 4 is 61.2 Å². The largest absolute Gasteiger partial charge is 0.465 e. The number of halogens is 4. The Bertz CT molecular complexity index is 2710. The first-order chi connectivity index (χ1) is 24.8. The molecule has 0 aliphatic rings. The van der Waals surface area contributed by atoms with Gasteiger partial charge < -0.3 is 24.2 Å². The van der Waals surface area contributed by atoms with E-state index in [1.54, 1.807) is 54.8 Å². The molecule has 4 aromatic carbocycles. The number of aromatic nitrogens is 3. The lowest BCUT2D eigenvalue weighted by Crippen LogP contribution is -2.28. The van der Waals surface area contributed by atoms with Gasteiger partial charge in [0.2, 0.25) is 0 Å². The summed E-state index contributed by atoms with van der Waals surface area (Å²) in [6.45, 7) is 7.25. The van der Waals surface area contributed by atoms with E-state index in [1.807, 2.05) is 19.9 Å². The molecule has 0 saturated heterocycles. The summed E-state index contributed by atoms with van der Waals surface area (Å²) < 4.78 is 63.1. The number of nitrogens with zero attached hydrogens (tertiary/aromatic N) is 4. The molecule has 3 heterocycles. The van der Waals surface area contributed by atoms with Crippen LogP contribution in [0.5, 0.6) is 0 Å². The van der Waals surface area contributed by atoms with Crippen molar-refractivity contribution in [3.63, 3.8) is 0 Å². The molecule has 3 aromatic heterocycles. The zero-order chi connectivity index (χ0) is 37.6. The van der Waals surface area contributed by atoms with Crippen molar-refractivity contribution in [2.24, 2.45) is 0 Å². The molecule has 52 heavy (non-hydrogen) atoms. The number of nitrogens with one attached hydrogen (secondary N) is 2. The number of aromatic amines is 2. The molecule has 7 rings (SSSR count). The van der Waals surface area contributed by atoms with E-state index in [1.165, 1.54) is 30.2 Å². The van der Waals surface area contributed by atoms with Gasteiger partial charge in [0.25, 0.3) is 0 Å². The zero-order valence-corrected chi connectivity index (χ0v) is 28.5. The fourth-order valence-electron chi connectivity index (χ4n) is 6.46. The molecule has 0 atom stereocenters. The number of fused-ring (bicyclic) bond motifs is 5. The van der Waals surface area contributed by atoms with E-state index in [4.69, 9.17) is 15.3 Å². The fraction of sp³-hybridized carbons (Fsp3) is 0.179. The summed E-state index contributed by atoms with van der Waals surface area (Å²) in [6.07, 6.45) is 0. The molecule has 2 N–H and O–H groups in total. The van der Waals surface area contributed by atoms with Gasteiger partial charge in [-0.2, -0.15) is 10.5 Å². The van der Waals surface area contributed by atoms with Crippen LogP contribution < -0.4 is 10.3 Å². The van der Waals surface area contributed by atoms with Gasteiger partial charge in [-0.25, -0.2) is 22.4 Å². The third-order valence-corrected chi connectivity index (χ3v) is 8.69. The average Bonchev–Trinajstić information content (AvgIpc) is 3.69. The molecule has 0 saturated carbocycles. The topological polar surface area (TPSA) is 131 Å². The van der Waals surface area contributed by atoms with Crippen molar-refractivity contribution in [3.05, 3.63) is 117 Å². The number of nitriles is 2. The number of hydrogen-bond acceptors (Lipinski definition) is 6. The third-order valence-electron chi connectivity index (χ3n) is 8.69. The van der Waals surface area contributed by atoms with Crippen LogP contribution in [-0.2, 0) is 4.74 Å². The molecule has 0 bridgehead atoms. The summed E-state index contributed by atoms with van der Waals surface area (Å²) in [6, 6.07) is 19.5. The van der Waals surface area contributed by atoms with Crippen LogP contribution >= 0.6 is 0 Å². The zero-order valence-electron chi connectivity index (χ0n) is 28.5. The van der Waals surface area contributed by atoms with Crippen LogP contribution in [0.1, 0.15) is 55.2 Å². The number of ether oxygens (including phenoxy) is 1. The predicted molar refractivity (Wildman–Crippen MR) is 191 cm³/mol. The quantitative estimate of drug-likeness (QED) is 0.136. The Morgan fingerprint density at radius 2 is 1.40 bits per heavy atom. The average molecular weight is 707 g/mol. The van der Waals surface area contributed by atoms with Crippen molar-refractivity contribution in [3.8, 4) is 12.1 Å². The van der Waals surface area contributed by atoms with Gasteiger partial charge >= 0.3 is 5.97 Å². The summed E-state index contributed by atoms with van der Waals surface area (Å²) in [4.78, 5) is 33.1. The predicted octanol–water partition coefficient (Wildman–Crippen LogP) is 9.02. The number of anilines is 2. The molecular weight excluding hydrogens is 676 g/mol. The van der Waals surface area contributed by atoms with E-state index in [-0.39, 0.29) is 45.5 Å². The van der Waals surface area contributed by atoms with Crippen molar-refractivity contribution in [1.82, 2.24) is 14.5 Å². The Kier molecular flexibility index (Phi) is 9.22. The maximum absolute atomic E-state index is 14.5. The highest BCUT2D eigenvalue weighted by Crippen LogP contribution is 2.37. The monoisotopic (exact) mass is 706 g/mol. The Morgan fingerprint density at radius 1 is 0.808 bits per heavy atom. The molecule has 262 valence electrons. The number of rotatable bonds is 5. The van der Waals surface area contributed by atoms with E-state index in [0.717, 1.165) is 12.1 Å². The van der Waals surface area contributed by atoms with Gasteiger partial charge in [0.1, 0.15) is 17.0 Å². The summed E-state index contributed by atoms with van der Waals surface area (Å²) in [7, 11) is 1.25. The Balaban J connectivity index is 0.000000179. The summed E-state index contributed by atoms with van der Waals surface area (Å²) in [5, 5.41) is 19.9. The molecule has 0 spiro atoms. The van der Waals surface area contributed by atoms with Crippen molar-refractivity contribution in [1.29, 1.82) is 10.5 Å². The van der Waals surface area contributed by atoms with Gasteiger partial charge in [-0.15, -0.1) is 0 Å². The van der Waals surface area contributed by atoms with Gasteiger partial charge in [0.15, 0.2) is 28.7 Å². The van der Waals surface area contributed by atoms with Crippen LogP contribution in [0.2, 0.25) is 0 Å². The van der Waals surface area contributed by atoms with Gasteiger partial charge in [-0.1, -0.05) is 18.2 Å². The number of benzene rings is 4. The lowest BCUT2D eigenvalue weighted by atomic mass is 10.1. The second-order valence-electron chi connectivity index (χ2n) is 12.5. The molecule has 7 aromatic rings. The normalized spacial score (nSPS) is 11.2. The summed E-state index contributed by atoms with van der Waals surface area (Å²) >= 11 is 0. The van der Waals surface area contributed by atoms with Crippen LogP contribution in [0.15, 0.2) is 71.5 Å². The third kappa shape index (κ3) is 5.76. The number of methoxy groups -OCH3 is 1. The van der Waals surface area contributed by atoms with Crippen LogP contribution in [0, 0.1) is 45.9 Å². The van der Waals surface area contributed by atoms with E-state index < -0.39 is 29.2 Å². The van der Waals surface area contributed by atoms with Crippen molar-refractivity contribution in [2.75, 3.05) is 12.0 Å². The number of hydrogen-bond donors (Lipinski definition) is 2. The molecule has 9 nitrogen and oxygen atoms in total. The standard InChI is InChI=1S/C20H17F2N3O2.C19H13F2N3O/c1-11(2)25(16-6-4-5-14(21)18(16)22)19-17(20(26)27-3)13-8-7-12(10-23)9-15(13)24-19;1-9(2)24-17-12(5-6-13(20)16(17)21)18(25)15-11-4-3-10(8-22)7-14(11)23-19(15)24/h4-9,11,24H,1-3H3;3-7,9,23H,1-2H3. The van der Waals surface area contributed by atoms with Gasteiger partial charge in [0, 0.05) is 39.3 Å². The molecule has 0 amide bonds. The highest BCUT2D eigenvalue weighted by Gasteiger charge is 2.28. The molecule has 0 aliphatic carbocycles. The van der Waals surface area contributed by atoms with Gasteiger partial charge in [0.05, 0.1) is 47.0 Å². The van der Waals surface area contributed by atoms with Gasteiger partial charge in [-0.05, 0) is 76.2 Å². The number of carbonyl (C=O) groups excluding carboxylic acids is 1. The summed E-state index contributed by atoms with van der Waals surface area (Å²) in [5.41, 5.74) is 2.16. The van der Waals surface area contributed by atoms with Crippen LogP contribution in [0.3, 0.4) is 0 Å². The number of esters is 1. The van der Waals surface area contributed by atoms with E-state index >= 15 is 0 Å². The first-order valence-electron chi connectivity index (χ1n) is 16.1. The molecule has 0 radical (unpaired) electrons.